The quantitative estimate of drug-likeness (QED) is 0.802. The van der Waals surface area contributed by atoms with Gasteiger partial charge >= 0.3 is 0 Å². The van der Waals surface area contributed by atoms with Crippen molar-refractivity contribution >= 4 is 5.78 Å². The second-order valence-corrected chi connectivity index (χ2v) is 5.12. The SMILES string of the molecule is CC(C)CCCC(=O)C1COc2ccccc2O1. The molecule has 0 amide bonds. The van der Waals surface area contributed by atoms with E-state index in [1.165, 1.54) is 0 Å². The summed E-state index contributed by atoms with van der Waals surface area (Å²) in [5.74, 6) is 2.18. The van der Waals surface area contributed by atoms with Crippen LogP contribution in [0.5, 0.6) is 11.5 Å². The summed E-state index contributed by atoms with van der Waals surface area (Å²) in [6.07, 6.45) is 2.15. The Labute approximate surface area is 108 Å². The van der Waals surface area contributed by atoms with E-state index < -0.39 is 6.10 Å². The lowest BCUT2D eigenvalue weighted by Crippen LogP contribution is -2.36. The van der Waals surface area contributed by atoms with Crippen LogP contribution in [0.15, 0.2) is 24.3 Å². The molecule has 0 fully saturated rings. The van der Waals surface area contributed by atoms with Gasteiger partial charge in [0.2, 0.25) is 0 Å². The van der Waals surface area contributed by atoms with Gasteiger partial charge in [-0.1, -0.05) is 32.4 Å². The summed E-state index contributed by atoms with van der Waals surface area (Å²) in [6.45, 7) is 4.67. The fourth-order valence-electron chi connectivity index (χ4n) is 2.02. The number of hydrogen-bond donors (Lipinski definition) is 0. The Bertz CT molecular complexity index is 412. The number of carbonyl (C=O) groups is 1. The minimum atomic E-state index is -0.438. The molecule has 1 atom stereocenters. The minimum absolute atomic E-state index is 0.144. The molecule has 1 aliphatic rings. The van der Waals surface area contributed by atoms with E-state index in [2.05, 4.69) is 13.8 Å². The highest BCUT2D eigenvalue weighted by Gasteiger charge is 2.26. The first-order valence-electron chi connectivity index (χ1n) is 6.58. The highest BCUT2D eigenvalue weighted by Crippen LogP contribution is 2.31. The predicted octanol–water partition coefficient (Wildman–Crippen LogP) is 3.22. The third kappa shape index (κ3) is 3.25. The molecule has 1 unspecified atom stereocenters. The summed E-state index contributed by atoms with van der Waals surface area (Å²) < 4.78 is 11.2. The van der Waals surface area contributed by atoms with E-state index in [9.17, 15) is 4.79 Å². The third-order valence-corrected chi connectivity index (χ3v) is 3.07. The number of fused-ring (bicyclic) bond motifs is 1. The van der Waals surface area contributed by atoms with Crippen LogP contribution in [0.4, 0.5) is 0 Å². The molecule has 0 N–H and O–H groups in total. The van der Waals surface area contributed by atoms with Crippen LogP contribution in [0.1, 0.15) is 33.1 Å². The number of rotatable bonds is 5. The molecule has 0 saturated heterocycles. The van der Waals surface area contributed by atoms with Crippen molar-refractivity contribution in [3.8, 4) is 11.5 Å². The molecule has 3 nitrogen and oxygen atoms in total. The second kappa shape index (κ2) is 5.89. The van der Waals surface area contributed by atoms with Crippen LogP contribution in [0.3, 0.4) is 0 Å². The lowest BCUT2D eigenvalue weighted by Gasteiger charge is -2.25. The average molecular weight is 248 g/mol. The predicted molar refractivity (Wildman–Crippen MR) is 70.0 cm³/mol. The zero-order valence-corrected chi connectivity index (χ0v) is 11.0. The van der Waals surface area contributed by atoms with E-state index >= 15 is 0 Å². The van der Waals surface area contributed by atoms with E-state index in [1.807, 2.05) is 24.3 Å². The molecule has 2 rings (SSSR count). The van der Waals surface area contributed by atoms with Gasteiger partial charge in [0.25, 0.3) is 0 Å². The summed E-state index contributed by atoms with van der Waals surface area (Å²) in [7, 11) is 0. The Kier molecular flexibility index (Phi) is 4.24. The summed E-state index contributed by atoms with van der Waals surface area (Å²) in [5.41, 5.74) is 0. The molecule has 1 aliphatic heterocycles. The van der Waals surface area contributed by atoms with Crippen molar-refractivity contribution < 1.29 is 14.3 Å². The summed E-state index contributed by atoms with van der Waals surface area (Å²) in [4.78, 5) is 12.0. The average Bonchev–Trinajstić information content (AvgIpc) is 2.37. The van der Waals surface area contributed by atoms with Gasteiger partial charge in [0.05, 0.1) is 0 Å². The summed E-state index contributed by atoms with van der Waals surface area (Å²) in [6, 6.07) is 7.47. The first-order valence-corrected chi connectivity index (χ1v) is 6.58. The van der Waals surface area contributed by atoms with E-state index in [0.29, 0.717) is 24.7 Å². The molecule has 3 heteroatoms. The summed E-state index contributed by atoms with van der Waals surface area (Å²) in [5, 5.41) is 0. The maximum atomic E-state index is 12.0. The van der Waals surface area contributed by atoms with Crippen molar-refractivity contribution in [3.05, 3.63) is 24.3 Å². The van der Waals surface area contributed by atoms with E-state index in [-0.39, 0.29) is 5.78 Å². The number of para-hydroxylation sites is 2. The molecule has 0 radical (unpaired) electrons. The van der Waals surface area contributed by atoms with Gasteiger partial charge in [-0.15, -0.1) is 0 Å². The molecule has 18 heavy (non-hydrogen) atoms. The van der Waals surface area contributed by atoms with Crippen molar-refractivity contribution in [2.24, 2.45) is 5.92 Å². The first kappa shape index (κ1) is 12.9. The van der Waals surface area contributed by atoms with Gasteiger partial charge in [0, 0.05) is 6.42 Å². The molecule has 0 aliphatic carbocycles. The number of benzene rings is 1. The van der Waals surface area contributed by atoms with Crippen LogP contribution >= 0.6 is 0 Å². The zero-order chi connectivity index (χ0) is 13.0. The number of Topliss-reactive ketones (excluding diaryl/α,β-unsaturated/α-hetero) is 1. The van der Waals surface area contributed by atoms with Crippen molar-refractivity contribution in [2.75, 3.05) is 6.61 Å². The molecule has 0 aromatic heterocycles. The molecule has 0 bridgehead atoms. The van der Waals surface area contributed by atoms with Gasteiger partial charge < -0.3 is 9.47 Å². The van der Waals surface area contributed by atoms with Gasteiger partial charge in [0.1, 0.15) is 6.61 Å². The van der Waals surface area contributed by atoms with Crippen LogP contribution in [0.25, 0.3) is 0 Å². The third-order valence-electron chi connectivity index (χ3n) is 3.07. The molecule has 0 saturated carbocycles. The van der Waals surface area contributed by atoms with Gasteiger partial charge in [-0.3, -0.25) is 4.79 Å². The highest BCUT2D eigenvalue weighted by molar-refractivity contribution is 5.83. The zero-order valence-electron chi connectivity index (χ0n) is 11.0. The number of ether oxygens (including phenoxy) is 2. The lowest BCUT2D eigenvalue weighted by atomic mass is 10.0. The molecule has 1 aromatic rings. The number of hydrogen-bond acceptors (Lipinski definition) is 3. The minimum Gasteiger partial charge on any atom is -0.485 e. The van der Waals surface area contributed by atoms with Crippen molar-refractivity contribution in [1.82, 2.24) is 0 Å². The van der Waals surface area contributed by atoms with Gasteiger partial charge in [-0.05, 0) is 24.5 Å². The molecule has 0 spiro atoms. The lowest BCUT2D eigenvalue weighted by molar-refractivity contribution is -0.128. The number of carbonyl (C=O) groups excluding carboxylic acids is 1. The fourth-order valence-corrected chi connectivity index (χ4v) is 2.02. The Morgan fingerprint density at radius 1 is 1.33 bits per heavy atom. The van der Waals surface area contributed by atoms with E-state index in [4.69, 9.17) is 9.47 Å². The van der Waals surface area contributed by atoms with Crippen LogP contribution in [-0.4, -0.2) is 18.5 Å². The molecule has 1 heterocycles. The topological polar surface area (TPSA) is 35.5 Å². The van der Waals surface area contributed by atoms with Gasteiger partial charge in [-0.25, -0.2) is 0 Å². The van der Waals surface area contributed by atoms with Crippen molar-refractivity contribution in [3.63, 3.8) is 0 Å². The van der Waals surface area contributed by atoms with Crippen LogP contribution in [0, 0.1) is 5.92 Å². The second-order valence-electron chi connectivity index (χ2n) is 5.12. The summed E-state index contributed by atoms with van der Waals surface area (Å²) >= 11 is 0. The molecule has 1 aromatic carbocycles. The van der Waals surface area contributed by atoms with Crippen LogP contribution in [-0.2, 0) is 4.79 Å². The molecule has 98 valence electrons. The Balaban J connectivity index is 1.87. The molecular weight excluding hydrogens is 228 g/mol. The Morgan fingerprint density at radius 2 is 2.06 bits per heavy atom. The Hall–Kier alpha value is -1.51. The van der Waals surface area contributed by atoms with Crippen LogP contribution < -0.4 is 9.47 Å². The standard InChI is InChI=1S/C15H20O3/c1-11(2)6-5-7-12(16)15-10-17-13-8-3-4-9-14(13)18-15/h3-4,8-9,11,15H,5-7,10H2,1-2H3. The van der Waals surface area contributed by atoms with Crippen molar-refractivity contribution in [1.29, 1.82) is 0 Å². The fraction of sp³-hybridized carbons (Fsp3) is 0.533. The smallest absolute Gasteiger partial charge is 0.190 e. The monoisotopic (exact) mass is 248 g/mol. The largest absolute Gasteiger partial charge is 0.485 e. The van der Waals surface area contributed by atoms with Gasteiger partial charge in [0.15, 0.2) is 23.4 Å². The highest BCUT2D eigenvalue weighted by atomic mass is 16.6. The van der Waals surface area contributed by atoms with Gasteiger partial charge in [-0.2, -0.15) is 0 Å². The number of ketones is 1. The molecular formula is C15H20O3. The van der Waals surface area contributed by atoms with E-state index in [0.717, 1.165) is 18.6 Å². The normalized spacial score (nSPS) is 17.8. The van der Waals surface area contributed by atoms with Crippen molar-refractivity contribution in [2.45, 2.75) is 39.2 Å². The maximum Gasteiger partial charge on any atom is 0.190 e. The first-order chi connectivity index (χ1) is 8.66. The Morgan fingerprint density at radius 3 is 2.78 bits per heavy atom. The van der Waals surface area contributed by atoms with Crippen LogP contribution in [0.2, 0.25) is 0 Å². The maximum absolute atomic E-state index is 12.0. The van der Waals surface area contributed by atoms with E-state index in [1.54, 1.807) is 0 Å².